The van der Waals surface area contributed by atoms with Crippen molar-refractivity contribution in [2.45, 2.75) is 84.0 Å². The van der Waals surface area contributed by atoms with Gasteiger partial charge in [-0.25, -0.2) is 0 Å². The Kier molecular flexibility index (Phi) is 16.0. The van der Waals surface area contributed by atoms with Crippen molar-refractivity contribution in [2.24, 2.45) is 0 Å². The summed E-state index contributed by atoms with van der Waals surface area (Å²) in [5.74, 6) is 0. The molecule has 0 N–H and O–H groups in total. The summed E-state index contributed by atoms with van der Waals surface area (Å²) in [5, 5.41) is 0. The molecular formula is C18H33. The van der Waals surface area contributed by atoms with Crippen LogP contribution in [0.4, 0.5) is 0 Å². The van der Waals surface area contributed by atoms with E-state index < -0.39 is 0 Å². The Morgan fingerprint density at radius 3 is 1.56 bits per heavy atom. The van der Waals surface area contributed by atoms with E-state index in [1.807, 2.05) is 0 Å². The van der Waals surface area contributed by atoms with Gasteiger partial charge in [0.05, 0.1) is 0 Å². The minimum absolute atomic E-state index is 1.10. The molecule has 0 nitrogen and oxygen atoms in total. The first-order valence-corrected chi connectivity index (χ1v) is 8.01. The summed E-state index contributed by atoms with van der Waals surface area (Å²) < 4.78 is 0. The molecule has 0 amide bonds. The van der Waals surface area contributed by atoms with Crippen molar-refractivity contribution >= 4 is 0 Å². The molecule has 0 aromatic heterocycles. The Balaban J connectivity index is 3.06. The Bertz CT molecular complexity index is 188. The van der Waals surface area contributed by atoms with Crippen molar-refractivity contribution in [3.05, 3.63) is 31.2 Å². The lowest BCUT2D eigenvalue weighted by Crippen LogP contribution is -1.77. The summed E-state index contributed by atoms with van der Waals surface area (Å²) in [4.78, 5) is 0. The van der Waals surface area contributed by atoms with Crippen LogP contribution < -0.4 is 0 Å². The Morgan fingerprint density at radius 1 is 0.611 bits per heavy atom. The fourth-order valence-corrected chi connectivity index (χ4v) is 2.01. The largest absolute Gasteiger partial charge is 0.0888 e. The van der Waals surface area contributed by atoms with Crippen LogP contribution in [0.5, 0.6) is 0 Å². The molecule has 0 aromatic rings. The van der Waals surface area contributed by atoms with E-state index in [-0.39, 0.29) is 0 Å². The van der Waals surface area contributed by atoms with Gasteiger partial charge in [0.15, 0.2) is 0 Å². The zero-order valence-electron chi connectivity index (χ0n) is 12.5. The van der Waals surface area contributed by atoms with Gasteiger partial charge in [0.1, 0.15) is 0 Å². The van der Waals surface area contributed by atoms with Crippen molar-refractivity contribution in [1.29, 1.82) is 0 Å². The Hall–Kier alpha value is -0.520. The summed E-state index contributed by atoms with van der Waals surface area (Å²) in [6, 6.07) is 0. The summed E-state index contributed by atoms with van der Waals surface area (Å²) in [6.07, 6.45) is 24.9. The predicted octanol–water partition coefficient (Wildman–Crippen LogP) is 6.63. The molecule has 0 aliphatic carbocycles. The maximum Gasteiger partial charge on any atom is -0.0351 e. The smallest absolute Gasteiger partial charge is 0.0351 e. The lowest BCUT2D eigenvalue weighted by molar-refractivity contribution is 0.650. The molecule has 105 valence electrons. The second kappa shape index (κ2) is 16.5. The molecule has 0 heterocycles. The maximum atomic E-state index is 3.87. The number of hydrogen-bond donors (Lipinski definition) is 0. The molecule has 0 spiro atoms. The van der Waals surface area contributed by atoms with Gasteiger partial charge in [0.2, 0.25) is 0 Å². The summed E-state index contributed by atoms with van der Waals surface area (Å²) in [5.41, 5.74) is 0. The first-order valence-electron chi connectivity index (χ1n) is 8.01. The molecule has 0 atom stereocenters. The van der Waals surface area contributed by atoms with Crippen LogP contribution in [0.2, 0.25) is 0 Å². The molecule has 0 bridgehead atoms. The van der Waals surface area contributed by atoms with E-state index in [4.69, 9.17) is 0 Å². The van der Waals surface area contributed by atoms with Crippen molar-refractivity contribution in [1.82, 2.24) is 0 Å². The maximum absolute atomic E-state index is 3.87. The third kappa shape index (κ3) is 15.5. The van der Waals surface area contributed by atoms with Crippen molar-refractivity contribution < 1.29 is 0 Å². The minimum atomic E-state index is 1.10. The normalized spacial score (nSPS) is 11.9. The van der Waals surface area contributed by atoms with Gasteiger partial charge < -0.3 is 0 Å². The van der Waals surface area contributed by atoms with Gasteiger partial charge in [0, 0.05) is 0 Å². The van der Waals surface area contributed by atoms with Gasteiger partial charge in [-0.1, -0.05) is 70.3 Å². The van der Waals surface area contributed by atoms with Crippen LogP contribution in [-0.4, -0.2) is 0 Å². The van der Waals surface area contributed by atoms with Crippen molar-refractivity contribution in [3.8, 4) is 0 Å². The molecule has 0 fully saturated rings. The lowest BCUT2D eigenvalue weighted by Gasteiger charge is -1.97. The molecule has 18 heavy (non-hydrogen) atoms. The molecule has 0 saturated carbocycles. The molecule has 0 aromatic carbocycles. The highest BCUT2D eigenvalue weighted by Crippen LogP contribution is 2.07. The van der Waals surface area contributed by atoms with Crippen molar-refractivity contribution in [2.75, 3.05) is 0 Å². The predicted molar refractivity (Wildman–Crippen MR) is 84.7 cm³/mol. The molecule has 0 aliphatic heterocycles. The van der Waals surface area contributed by atoms with E-state index in [1.54, 1.807) is 0 Å². The molecule has 0 unspecified atom stereocenters. The van der Waals surface area contributed by atoms with Gasteiger partial charge in [-0.05, 0) is 44.9 Å². The van der Waals surface area contributed by atoms with E-state index in [0.29, 0.717) is 0 Å². The second-order valence-electron chi connectivity index (χ2n) is 5.05. The quantitative estimate of drug-likeness (QED) is 0.254. The SMILES string of the molecule is [CH2]CCCCCCC=CCCCCCC=CCC. The molecule has 0 aliphatic rings. The van der Waals surface area contributed by atoms with Crippen LogP contribution in [0.3, 0.4) is 0 Å². The van der Waals surface area contributed by atoms with E-state index in [0.717, 1.165) is 6.42 Å². The third-order valence-corrected chi connectivity index (χ3v) is 3.18. The lowest BCUT2D eigenvalue weighted by atomic mass is 10.1. The summed E-state index contributed by atoms with van der Waals surface area (Å²) in [6.45, 7) is 6.06. The highest BCUT2D eigenvalue weighted by Gasteiger charge is 1.87. The van der Waals surface area contributed by atoms with Crippen LogP contribution in [-0.2, 0) is 0 Å². The highest BCUT2D eigenvalue weighted by molar-refractivity contribution is 4.82. The molecule has 0 rings (SSSR count). The fraction of sp³-hybridized carbons (Fsp3) is 0.722. The van der Waals surface area contributed by atoms with Crippen molar-refractivity contribution in [3.63, 3.8) is 0 Å². The average molecular weight is 249 g/mol. The monoisotopic (exact) mass is 249 g/mol. The fourth-order valence-electron chi connectivity index (χ4n) is 2.01. The van der Waals surface area contributed by atoms with Gasteiger partial charge in [-0.15, -0.1) is 0 Å². The Morgan fingerprint density at radius 2 is 1.06 bits per heavy atom. The van der Waals surface area contributed by atoms with Crippen LogP contribution in [0, 0.1) is 6.92 Å². The van der Waals surface area contributed by atoms with E-state index in [1.165, 1.54) is 70.6 Å². The van der Waals surface area contributed by atoms with Gasteiger partial charge >= 0.3 is 0 Å². The zero-order valence-corrected chi connectivity index (χ0v) is 12.5. The topological polar surface area (TPSA) is 0 Å². The minimum Gasteiger partial charge on any atom is -0.0888 e. The van der Waals surface area contributed by atoms with Crippen LogP contribution in [0.25, 0.3) is 0 Å². The number of unbranched alkanes of at least 4 members (excludes halogenated alkanes) is 9. The standard InChI is InChI=1S/C18H33/c1-3-5-7-9-11-13-15-17-18-16-14-12-10-8-6-4-2/h6,8,15,17H,1,3-5,7,9-14,16,18H2,2H3. The van der Waals surface area contributed by atoms with Gasteiger partial charge in [-0.2, -0.15) is 0 Å². The number of hydrogen-bond acceptors (Lipinski definition) is 0. The van der Waals surface area contributed by atoms with Crippen LogP contribution in [0.1, 0.15) is 84.0 Å². The summed E-state index contributed by atoms with van der Waals surface area (Å²) in [7, 11) is 0. The van der Waals surface area contributed by atoms with Crippen LogP contribution >= 0.6 is 0 Å². The van der Waals surface area contributed by atoms with Gasteiger partial charge in [-0.3, -0.25) is 0 Å². The van der Waals surface area contributed by atoms with Gasteiger partial charge in [0.25, 0.3) is 0 Å². The Labute approximate surface area is 116 Å². The third-order valence-electron chi connectivity index (χ3n) is 3.18. The average Bonchev–Trinajstić information content (AvgIpc) is 2.39. The van der Waals surface area contributed by atoms with E-state index in [2.05, 4.69) is 38.2 Å². The van der Waals surface area contributed by atoms with E-state index in [9.17, 15) is 0 Å². The zero-order chi connectivity index (χ0) is 13.3. The van der Waals surface area contributed by atoms with Crippen LogP contribution in [0.15, 0.2) is 24.3 Å². The molecule has 0 saturated heterocycles. The first kappa shape index (κ1) is 17.5. The molecular weight excluding hydrogens is 216 g/mol. The second-order valence-corrected chi connectivity index (χ2v) is 5.05. The highest BCUT2D eigenvalue weighted by atomic mass is 13.9. The first-order chi connectivity index (χ1) is 8.91. The summed E-state index contributed by atoms with van der Waals surface area (Å²) >= 11 is 0. The number of allylic oxidation sites excluding steroid dienone is 4. The number of rotatable bonds is 13. The van der Waals surface area contributed by atoms with E-state index >= 15 is 0 Å². The molecule has 1 radical (unpaired) electrons. The molecule has 0 heteroatoms.